The monoisotopic (exact) mass is 248 g/mol. The Bertz CT molecular complexity index is 525. The predicted molar refractivity (Wildman–Crippen MR) is 68.1 cm³/mol. The van der Waals surface area contributed by atoms with Crippen LogP contribution in [0.5, 0.6) is 5.75 Å². The van der Waals surface area contributed by atoms with Crippen molar-refractivity contribution in [1.82, 2.24) is 15.5 Å². The number of methoxy groups -OCH3 is 1. The third-order valence-electron chi connectivity index (χ3n) is 2.44. The van der Waals surface area contributed by atoms with Crippen LogP contribution in [-0.4, -0.2) is 24.4 Å². The van der Waals surface area contributed by atoms with Gasteiger partial charge in [-0.05, 0) is 37.7 Å². The van der Waals surface area contributed by atoms with E-state index in [4.69, 9.17) is 9.15 Å². The standard InChI is InChI=1S/C12H16N4O2/c1-8-6-9(4-5-10(8)17-3)14-12-16-15-11(18-12)7-13-2/h4-6,13H,7H2,1-3H3,(H,14,16). The van der Waals surface area contributed by atoms with Gasteiger partial charge < -0.3 is 19.8 Å². The summed E-state index contributed by atoms with van der Waals surface area (Å²) in [6, 6.07) is 6.13. The lowest BCUT2D eigenvalue weighted by atomic mass is 10.2. The van der Waals surface area contributed by atoms with Crippen LogP contribution in [0.4, 0.5) is 11.7 Å². The molecule has 0 atom stereocenters. The van der Waals surface area contributed by atoms with E-state index in [0.29, 0.717) is 18.5 Å². The molecular formula is C12H16N4O2. The number of hydrogen-bond acceptors (Lipinski definition) is 6. The highest BCUT2D eigenvalue weighted by molar-refractivity contribution is 5.56. The first-order valence-electron chi connectivity index (χ1n) is 5.61. The van der Waals surface area contributed by atoms with Gasteiger partial charge in [-0.15, -0.1) is 5.10 Å². The second-order valence-electron chi connectivity index (χ2n) is 3.84. The fourth-order valence-electron chi connectivity index (χ4n) is 1.61. The number of hydrogen-bond donors (Lipinski definition) is 2. The zero-order chi connectivity index (χ0) is 13.0. The van der Waals surface area contributed by atoms with Crippen molar-refractivity contribution in [2.45, 2.75) is 13.5 Å². The van der Waals surface area contributed by atoms with Crippen LogP contribution in [0.3, 0.4) is 0 Å². The maximum atomic E-state index is 5.40. The molecule has 6 heteroatoms. The molecule has 0 saturated carbocycles. The molecule has 0 spiro atoms. The molecule has 0 aliphatic rings. The van der Waals surface area contributed by atoms with E-state index in [2.05, 4.69) is 20.8 Å². The van der Waals surface area contributed by atoms with Crippen molar-refractivity contribution in [2.24, 2.45) is 0 Å². The summed E-state index contributed by atoms with van der Waals surface area (Å²) in [6.45, 7) is 2.53. The van der Waals surface area contributed by atoms with E-state index in [1.807, 2.05) is 32.2 Å². The molecule has 0 saturated heterocycles. The fraction of sp³-hybridized carbons (Fsp3) is 0.333. The Labute approximate surface area is 105 Å². The molecule has 0 fully saturated rings. The molecule has 0 radical (unpaired) electrons. The molecule has 18 heavy (non-hydrogen) atoms. The van der Waals surface area contributed by atoms with Crippen LogP contribution in [0.15, 0.2) is 22.6 Å². The molecule has 0 unspecified atom stereocenters. The molecule has 6 nitrogen and oxygen atoms in total. The minimum absolute atomic E-state index is 0.379. The highest BCUT2D eigenvalue weighted by atomic mass is 16.5. The van der Waals surface area contributed by atoms with E-state index >= 15 is 0 Å². The van der Waals surface area contributed by atoms with Crippen molar-refractivity contribution in [3.8, 4) is 5.75 Å². The van der Waals surface area contributed by atoms with Crippen molar-refractivity contribution >= 4 is 11.7 Å². The van der Waals surface area contributed by atoms with Gasteiger partial charge in [0.2, 0.25) is 5.89 Å². The number of aryl methyl sites for hydroxylation is 1. The first-order valence-corrected chi connectivity index (χ1v) is 5.61. The van der Waals surface area contributed by atoms with E-state index in [0.717, 1.165) is 17.0 Å². The summed E-state index contributed by atoms with van der Waals surface area (Å²) in [5.74, 6) is 1.40. The molecule has 0 bridgehead atoms. The summed E-state index contributed by atoms with van der Waals surface area (Å²) in [5.41, 5.74) is 1.92. The SMILES string of the molecule is CNCc1nnc(Nc2ccc(OC)c(C)c2)o1. The second-order valence-corrected chi connectivity index (χ2v) is 3.84. The van der Waals surface area contributed by atoms with Crippen molar-refractivity contribution in [2.75, 3.05) is 19.5 Å². The van der Waals surface area contributed by atoms with Crippen LogP contribution in [0.1, 0.15) is 11.5 Å². The van der Waals surface area contributed by atoms with Crippen molar-refractivity contribution in [3.05, 3.63) is 29.7 Å². The van der Waals surface area contributed by atoms with E-state index < -0.39 is 0 Å². The van der Waals surface area contributed by atoms with Crippen LogP contribution in [0.25, 0.3) is 0 Å². The molecule has 0 aliphatic heterocycles. The summed E-state index contributed by atoms with van der Waals surface area (Å²) >= 11 is 0. The molecule has 2 aromatic rings. The van der Waals surface area contributed by atoms with Gasteiger partial charge in [-0.25, -0.2) is 0 Å². The summed E-state index contributed by atoms with van der Waals surface area (Å²) in [6.07, 6.45) is 0. The van der Waals surface area contributed by atoms with Gasteiger partial charge in [0.25, 0.3) is 0 Å². The first kappa shape index (κ1) is 12.4. The quantitative estimate of drug-likeness (QED) is 0.841. The van der Waals surface area contributed by atoms with Gasteiger partial charge in [0.1, 0.15) is 5.75 Å². The van der Waals surface area contributed by atoms with E-state index in [1.54, 1.807) is 7.11 Å². The molecule has 0 aliphatic carbocycles. The number of rotatable bonds is 5. The lowest BCUT2D eigenvalue weighted by Gasteiger charge is -2.06. The molecule has 1 aromatic heterocycles. The number of benzene rings is 1. The van der Waals surface area contributed by atoms with Gasteiger partial charge in [-0.3, -0.25) is 0 Å². The molecule has 96 valence electrons. The average molecular weight is 248 g/mol. The van der Waals surface area contributed by atoms with Crippen LogP contribution in [0, 0.1) is 6.92 Å². The van der Waals surface area contributed by atoms with Crippen molar-refractivity contribution < 1.29 is 9.15 Å². The minimum atomic E-state index is 0.379. The average Bonchev–Trinajstić information content (AvgIpc) is 2.77. The van der Waals surface area contributed by atoms with Crippen LogP contribution in [0.2, 0.25) is 0 Å². The Kier molecular flexibility index (Phi) is 3.78. The van der Waals surface area contributed by atoms with E-state index in [9.17, 15) is 0 Å². The Morgan fingerprint density at radius 3 is 2.83 bits per heavy atom. The Morgan fingerprint density at radius 2 is 2.17 bits per heavy atom. The van der Waals surface area contributed by atoms with Crippen LogP contribution in [-0.2, 0) is 6.54 Å². The van der Waals surface area contributed by atoms with Crippen LogP contribution >= 0.6 is 0 Å². The third-order valence-corrected chi connectivity index (χ3v) is 2.44. The number of nitrogens with one attached hydrogen (secondary N) is 2. The first-order chi connectivity index (χ1) is 8.72. The highest BCUT2D eigenvalue weighted by Gasteiger charge is 2.06. The van der Waals surface area contributed by atoms with Gasteiger partial charge in [-0.1, -0.05) is 5.10 Å². The number of nitrogens with zero attached hydrogens (tertiary/aromatic N) is 2. The smallest absolute Gasteiger partial charge is 0.320 e. The van der Waals surface area contributed by atoms with Gasteiger partial charge in [0.05, 0.1) is 13.7 Å². The largest absolute Gasteiger partial charge is 0.496 e. The van der Waals surface area contributed by atoms with Crippen molar-refractivity contribution in [1.29, 1.82) is 0 Å². The molecule has 1 heterocycles. The van der Waals surface area contributed by atoms with Gasteiger partial charge in [-0.2, -0.15) is 0 Å². The van der Waals surface area contributed by atoms with E-state index in [1.165, 1.54) is 0 Å². The Hall–Kier alpha value is -2.08. The zero-order valence-electron chi connectivity index (χ0n) is 10.7. The summed E-state index contributed by atoms with van der Waals surface area (Å²) < 4.78 is 10.6. The van der Waals surface area contributed by atoms with E-state index in [-0.39, 0.29) is 0 Å². The summed E-state index contributed by atoms with van der Waals surface area (Å²) in [7, 11) is 3.47. The third kappa shape index (κ3) is 2.78. The lowest BCUT2D eigenvalue weighted by Crippen LogP contribution is -2.04. The zero-order valence-corrected chi connectivity index (χ0v) is 10.7. The molecule has 0 amide bonds. The maximum Gasteiger partial charge on any atom is 0.320 e. The summed E-state index contributed by atoms with van der Waals surface area (Å²) in [5, 5.41) is 13.8. The Morgan fingerprint density at radius 1 is 1.33 bits per heavy atom. The topological polar surface area (TPSA) is 72.2 Å². The molecule has 2 N–H and O–H groups in total. The van der Waals surface area contributed by atoms with Gasteiger partial charge >= 0.3 is 6.01 Å². The summed E-state index contributed by atoms with van der Waals surface area (Å²) in [4.78, 5) is 0. The normalized spacial score (nSPS) is 10.4. The number of ether oxygens (including phenoxy) is 1. The van der Waals surface area contributed by atoms with Crippen molar-refractivity contribution in [3.63, 3.8) is 0 Å². The Balaban J connectivity index is 2.10. The second kappa shape index (κ2) is 5.50. The molecule has 1 aromatic carbocycles. The van der Waals surface area contributed by atoms with Crippen LogP contribution < -0.4 is 15.4 Å². The maximum absolute atomic E-state index is 5.40. The molecule has 2 rings (SSSR count). The minimum Gasteiger partial charge on any atom is -0.496 e. The predicted octanol–water partition coefficient (Wildman–Crippen LogP) is 1.85. The highest BCUT2D eigenvalue weighted by Crippen LogP contribution is 2.23. The number of anilines is 2. The number of aromatic nitrogens is 2. The van der Waals surface area contributed by atoms with Gasteiger partial charge in [0.15, 0.2) is 0 Å². The van der Waals surface area contributed by atoms with Gasteiger partial charge in [0, 0.05) is 5.69 Å². The lowest BCUT2D eigenvalue weighted by molar-refractivity contribution is 0.412. The molecular weight excluding hydrogens is 232 g/mol. The fourth-order valence-corrected chi connectivity index (χ4v) is 1.61.